The first-order valence-corrected chi connectivity index (χ1v) is 9.82. The van der Waals surface area contributed by atoms with Crippen LogP contribution in [0.3, 0.4) is 0 Å². The molecule has 25 heavy (non-hydrogen) atoms. The standard InChI is InChI=1S/C20H30N4O/c1-2-17-10-6-7-13-24(17)19-15-22-18(14-23-19)20(25)21-12-11-16-8-4-3-5-9-16/h8,14-15,17H,2-7,9-13H2,1H3,(H,21,25). The van der Waals surface area contributed by atoms with Gasteiger partial charge >= 0.3 is 0 Å². The van der Waals surface area contributed by atoms with E-state index in [0.29, 0.717) is 18.3 Å². The van der Waals surface area contributed by atoms with Crippen molar-refractivity contribution in [2.45, 2.75) is 70.8 Å². The Morgan fingerprint density at radius 3 is 2.88 bits per heavy atom. The third kappa shape index (κ3) is 4.80. The fourth-order valence-corrected chi connectivity index (χ4v) is 3.87. The third-order valence-corrected chi connectivity index (χ3v) is 5.38. The number of carbonyl (C=O) groups is 1. The summed E-state index contributed by atoms with van der Waals surface area (Å²) in [5.74, 6) is 0.775. The van der Waals surface area contributed by atoms with Crippen LogP contribution in [0.2, 0.25) is 0 Å². The van der Waals surface area contributed by atoms with Gasteiger partial charge in [-0.1, -0.05) is 18.6 Å². The Morgan fingerprint density at radius 1 is 1.24 bits per heavy atom. The molecule has 1 aromatic rings. The Morgan fingerprint density at radius 2 is 2.16 bits per heavy atom. The van der Waals surface area contributed by atoms with Gasteiger partial charge in [0.1, 0.15) is 11.5 Å². The van der Waals surface area contributed by atoms with Gasteiger partial charge in [0.25, 0.3) is 5.91 Å². The summed E-state index contributed by atoms with van der Waals surface area (Å²) in [5.41, 5.74) is 1.88. The van der Waals surface area contributed by atoms with Crippen LogP contribution in [0.5, 0.6) is 0 Å². The van der Waals surface area contributed by atoms with Gasteiger partial charge in [0.2, 0.25) is 0 Å². The second-order valence-corrected chi connectivity index (χ2v) is 7.13. The van der Waals surface area contributed by atoms with E-state index in [0.717, 1.165) is 25.2 Å². The van der Waals surface area contributed by atoms with Crippen LogP contribution < -0.4 is 10.2 Å². The van der Waals surface area contributed by atoms with Crippen molar-refractivity contribution in [1.82, 2.24) is 15.3 Å². The summed E-state index contributed by atoms with van der Waals surface area (Å²) in [6.07, 6.45) is 16.4. The lowest BCUT2D eigenvalue weighted by atomic mass is 9.97. The van der Waals surface area contributed by atoms with E-state index < -0.39 is 0 Å². The minimum absolute atomic E-state index is 0.124. The maximum atomic E-state index is 12.2. The molecule has 1 atom stereocenters. The number of hydrogen-bond acceptors (Lipinski definition) is 4. The Kier molecular flexibility index (Phi) is 6.42. The molecule has 5 nitrogen and oxygen atoms in total. The van der Waals surface area contributed by atoms with E-state index in [2.05, 4.69) is 33.2 Å². The lowest BCUT2D eigenvalue weighted by molar-refractivity contribution is 0.0948. The predicted octanol–water partition coefficient (Wildman–Crippen LogP) is 3.87. The summed E-state index contributed by atoms with van der Waals surface area (Å²) in [6.45, 7) is 3.94. The van der Waals surface area contributed by atoms with E-state index >= 15 is 0 Å². The fourth-order valence-electron chi connectivity index (χ4n) is 3.87. The summed E-state index contributed by atoms with van der Waals surface area (Å²) in [7, 11) is 0. The van der Waals surface area contributed by atoms with Crippen LogP contribution in [-0.2, 0) is 0 Å². The number of anilines is 1. The van der Waals surface area contributed by atoms with Gasteiger partial charge < -0.3 is 10.2 Å². The highest BCUT2D eigenvalue weighted by molar-refractivity contribution is 5.92. The minimum atomic E-state index is -0.124. The largest absolute Gasteiger partial charge is 0.352 e. The topological polar surface area (TPSA) is 58.1 Å². The van der Waals surface area contributed by atoms with Gasteiger partial charge in [-0.3, -0.25) is 4.79 Å². The zero-order chi connectivity index (χ0) is 17.5. The summed E-state index contributed by atoms with van der Waals surface area (Å²) >= 11 is 0. The van der Waals surface area contributed by atoms with E-state index in [1.807, 2.05) is 0 Å². The van der Waals surface area contributed by atoms with E-state index in [1.165, 1.54) is 50.5 Å². The van der Waals surface area contributed by atoms with Crippen molar-refractivity contribution < 1.29 is 4.79 Å². The first kappa shape index (κ1) is 17.9. The normalized spacial score (nSPS) is 20.9. The first-order valence-electron chi connectivity index (χ1n) is 9.82. The summed E-state index contributed by atoms with van der Waals surface area (Å²) < 4.78 is 0. The molecule has 1 aromatic heterocycles. The molecule has 2 heterocycles. The molecule has 3 rings (SSSR count). The summed E-state index contributed by atoms with van der Waals surface area (Å²) in [5, 5.41) is 2.97. The van der Waals surface area contributed by atoms with Crippen LogP contribution >= 0.6 is 0 Å². The second kappa shape index (κ2) is 8.97. The molecule has 0 aromatic carbocycles. The van der Waals surface area contributed by atoms with Crippen LogP contribution in [0.4, 0.5) is 5.82 Å². The Balaban J connectivity index is 1.52. The first-order chi connectivity index (χ1) is 12.3. The lowest BCUT2D eigenvalue weighted by Gasteiger charge is -2.35. The molecule has 1 fully saturated rings. The SMILES string of the molecule is CCC1CCCCN1c1cnc(C(=O)NCCC2=CCCCC2)cn1. The van der Waals surface area contributed by atoms with Crippen molar-refractivity contribution in [3.8, 4) is 0 Å². The molecule has 1 aliphatic heterocycles. The van der Waals surface area contributed by atoms with Gasteiger partial charge in [-0.25, -0.2) is 9.97 Å². The highest BCUT2D eigenvalue weighted by atomic mass is 16.1. The molecule has 2 aliphatic rings. The van der Waals surface area contributed by atoms with Gasteiger partial charge in [0.15, 0.2) is 0 Å². The molecule has 1 N–H and O–H groups in total. The van der Waals surface area contributed by atoms with Crippen LogP contribution in [0.15, 0.2) is 24.0 Å². The molecule has 1 unspecified atom stereocenters. The van der Waals surface area contributed by atoms with Crippen molar-refractivity contribution >= 4 is 11.7 Å². The van der Waals surface area contributed by atoms with Crippen LogP contribution in [0.1, 0.15) is 75.2 Å². The number of hydrogen-bond donors (Lipinski definition) is 1. The van der Waals surface area contributed by atoms with Crippen molar-refractivity contribution in [2.75, 3.05) is 18.0 Å². The van der Waals surface area contributed by atoms with Crippen LogP contribution in [0.25, 0.3) is 0 Å². The third-order valence-electron chi connectivity index (χ3n) is 5.38. The molecular formula is C20H30N4O. The number of piperidine rings is 1. The molecule has 0 radical (unpaired) electrons. The molecule has 5 heteroatoms. The number of allylic oxidation sites excluding steroid dienone is 1. The number of nitrogens with zero attached hydrogens (tertiary/aromatic N) is 3. The monoisotopic (exact) mass is 342 g/mol. The van der Waals surface area contributed by atoms with E-state index in [4.69, 9.17) is 0 Å². The van der Waals surface area contributed by atoms with E-state index in [-0.39, 0.29) is 5.91 Å². The Hall–Kier alpha value is -1.91. The highest BCUT2D eigenvalue weighted by Gasteiger charge is 2.22. The lowest BCUT2D eigenvalue weighted by Crippen LogP contribution is -2.39. The molecule has 0 spiro atoms. The molecule has 1 amide bonds. The predicted molar refractivity (Wildman–Crippen MR) is 101 cm³/mol. The van der Waals surface area contributed by atoms with Crippen molar-refractivity contribution in [3.63, 3.8) is 0 Å². The van der Waals surface area contributed by atoms with E-state index in [1.54, 1.807) is 12.4 Å². The average molecular weight is 342 g/mol. The average Bonchev–Trinajstić information content (AvgIpc) is 2.69. The molecular weight excluding hydrogens is 312 g/mol. The minimum Gasteiger partial charge on any atom is -0.352 e. The molecule has 0 saturated carbocycles. The molecule has 136 valence electrons. The smallest absolute Gasteiger partial charge is 0.271 e. The number of amides is 1. The van der Waals surface area contributed by atoms with Crippen molar-refractivity contribution in [1.29, 1.82) is 0 Å². The number of rotatable bonds is 6. The van der Waals surface area contributed by atoms with Gasteiger partial charge in [-0.15, -0.1) is 0 Å². The number of aromatic nitrogens is 2. The quantitative estimate of drug-likeness (QED) is 0.798. The Bertz CT molecular complexity index is 596. The second-order valence-electron chi connectivity index (χ2n) is 7.13. The van der Waals surface area contributed by atoms with Gasteiger partial charge in [-0.2, -0.15) is 0 Å². The van der Waals surface area contributed by atoms with Crippen LogP contribution in [-0.4, -0.2) is 35.0 Å². The van der Waals surface area contributed by atoms with Crippen LogP contribution in [0, 0.1) is 0 Å². The maximum absolute atomic E-state index is 12.2. The zero-order valence-electron chi connectivity index (χ0n) is 15.3. The number of nitrogens with one attached hydrogen (secondary N) is 1. The zero-order valence-corrected chi connectivity index (χ0v) is 15.3. The van der Waals surface area contributed by atoms with E-state index in [9.17, 15) is 4.79 Å². The Labute approximate surface area is 150 Å². The maximum Gasteiger partial charge on any atom is 0.271 e. The summed E-state index contributed by atoms with van der Waals surface area (Å²) in [4.78, 5) is 23.5. The molecule has 1 saturated heterocycles. The molecule has 0 bridgehead atoms. The van der Waals surface area contributed by atoms with Crippen molar-refractivity contribution in [3.05, 3.63) is 29.7 Å². The van der Waals surface area contributed by atoms with Gasteiger partial charge in [-0.05, 0) is 57.8 Å². The van der Waals surface area contributed by atoms with Crippen molar-refractivity contribution in [2.24, 2.45) is 0 Å². The van der Waals surface area contributed by atoms with Gasteiger partial charge in [0, 0.05) is 19.1 Å². The fraction of sp³-hybridized carbons (Fsp3) is 0.650. The number of carbonyl (C=O) groups excluding carboxylic acids is 1. The van der Waals surface area contributed by atoms with Gasteiger partial charge in [0.05, 0.1) is 12.4 Å². The molecule has 1 aliphatic carbocycles. The summed E-state index contributed by atoms with van der Waals surface area (Å²) in [6, 6.07) is 0.548. The highest BCUT2D eigenvalue weighted by Crippen LogP contribution is 2.24.